The van der Waals surface area contributed by atoms with Crippen molar-refractivity contribution in [3.63, 3.8) is 0 Å². The Balaban J connectivity index is 2.48. The lowest BCUT2D eigenvalue weighted by Gasteiger charge is -2.06. The second-order valence-electron chi connectivity index (χ2n) is 4.13. The molecule has 0 atom stereocenters. The zero-order valence-corrected chi connectivity index (χ0v) is 10.1. The van der Waals surface area contributed by atoms with Crippen LogP contribution in [0.15, 0.2) is 24.4 Å². The monoisotopic (exact) mass is 233 g/mol. The number of halogens is 1. The lowest BCUT2D eigenvalue weighted by Crippen LogP contribution is -2.08. The summed E-state index contributed by atoms with van der Waals surface area (Å²) in [5.41, 5.74) is 9.33. The first-order valence-electron chi connectivity index (χ1n) is 5.61. The molecule has 0 radical (unpaired) electrons. The maximum atomic E-state index is 13.2. The number of nitrogens with two attached hydrogens (primary N) is 1. The van der Waals surface area contributed by atoms with Gasteiger partial charge in [-0.1, -0.05) is 6.07 Å². The van der Waals surface area contributed by atoms with Crippen molar-refractivity contribution in [2.45, 2.75) is 13.3 Å². The van der Waals surface area contributed by atoms with Gasteiger partial charge < -0.3 is 5.73 Å². The average Bonchev–Trinajstić information content (AvgIpc) is 2.66. The Morgan fingerprint density at radius 1 is 1.41 bits per heavy atom. The van der Waals surface area contributed by atoms with Gasteiger partial charge in [-0.25, -0.2) is 4.39 Å². The fraction of sp³-hybridized carbons (Fsp3) is 0.308. The van der Waals surface area contributed by atoms with E-state index in [2.05, 4.69) is 5.10 Å². The standard InChI is InChI=1S/C13H16FN3/c1-9-7-10(3-4-12(9)14)11-8-16-17(2)13(11)5-6-15/h3-4,7-8H,5-6,15H2,1-2H3. The van der Waals surface area contributed by atoms with Gasteiger partial charge in [-0.3, -0.25) is 4.68 Å². The van der Waals surface area contributed by atoms with Gasteiger partial charge >= 0.3 is 0 Å². The van der Waals surface area contributed by atoms with Crippen LogP contribution in [-0.4, -0.2) is 16.3 Å². The number of rotatable bonds is 3. The number of aryl methyl sites for hydroxylation is 2. The van der Waals surface area contributed by atoms with E-state index in [9.17, 15) is 4.39 Å². The summed E-state index contributed by atoms with van der Waals surface area (Å²) in [6, 6.07) is 5.11. The second kappa shape index (κ2) is 4.67. The molecule has 2 rings (SSSR count). The fourth-order valence-corrected chi connectivity index (χ4v) is 1.95. The van der Waals surface area contributed by atoms with E-state index >= 15 is 0 Å². The number of hydrogen-bond acceptors (Lipinski definition) is 2. The Hall–Kier alpha value is -1.68. The lowest BCUT2D eigenvalue weighted by molar-refractivity contribution is 0.619. The summed E-state index contributed by atoms with van der Waals surface area (Å²) in [5.74, 6) is -0.182. The van der Waals surface area contributed by atoms with Crippen molar-refractivity contribution in [2.24, 2.45) is 12.8 Å². The molecule has 1 aromatic carbocycles. The second-order valence-corrected chi connectivity index (χ2v) is 4.13. The van der Waals surface area contributed by atoms with Crippen molar-refractivity contribution in [3.05, 3.63) is 41.5 Å². The number of benzene rings is 1. The topological polar surface area (TPSA) is 43.8 Å². The minimum Gasteiger partial charge on any atom is -0.330 e. The van der Waals surface area contributed by atoms with E-state index in [0.29, 0.717) is 12.1 Å². The van der Waals surface area contributed by atoms with Crippen LogP contribution in [0.3, 0.4) is 0 Å². The first-order valence-corrected chi connectivity index (χ1v) is 5.61. The van der Waals surface area contributed by atoms with Gasteiger partial charge in [0.1, 0.15) is 5.82 Å². The molecule has 0 unspecified atom stereocenters. The molecule has 0 aliphatic carbocycles. The van der Waals surface area contributed by atoms with Crippen LogP contribution >= 0.6 is 0 Å². The largest absolute Gasteiger partial charge is 0.330 e. The molecule has 2 N–H and O–H groups in total. The first kappa shape index (κ1) is 11.8. The van der Waals surface area contributed by atoms with Gasteiger partial charge in [0.05, 0.1) is 6.20 Å². The average molecular weight is 233 g/mol. The number of aromatic nitrogens is 2. The molecule has 1 heterocycles. The third-order valence-corrected chi connectivity index (χ3v) is 2.91. The molecule has 0 spiro atoms. The molecule has 0 bridgehead atoms. The summed E-state index contributed by atoms with van der Waals surface area (Å²) in [5, 5.41) is 4.23. The van der Waals surface area contributed by atoms with Crippen molar-refractivity contribution in [1.29, 1.82) is 0 Å². The van der Waals surface area contributed by atoms with Crippen LogP contribution in [0, 0.1) is 12.7 Å². The highest BCUT2D eigenvalue weighted by molar-refractivity contribution is 5.66. The van der Waals surface area contributed by atoms with E-state index in [1.54, 1.807) is 19.2 Å². The molecule has 0 saturated carbocycles. The molecule has 0 aliphatic heterocycles. The highest BCUT2D eigenvalue weighted by Crippen LogP contribution is 2.25. The third-order valence-electron chi connectivity index (χ3n) is 2.91. The van der Waals surface area contributed by atoms with Gasteiger partial charge in [0.25, 0.3) is 0 Å². The summed E-state index contributed by atoms with van der Waals surface area (Å²) in [4.78, 5) is 0. The highest BCUT2D eigenvalue weighted by atomic mass is 19.1. The van der Waals surface area contributed by atoms with E-state index in [1.165, 1.54) is 6.07 Å². The van der Waals surface area contributed by atoms with Crippen LogP contribution in [-0.2, 0) is 13.5 Å². The molecule has 90 valence electrons. The molecule has 0 saturated heterocycles. The quantitative estimate of drug-likeness (QED) is 0.881. The summed E-state index contributed by atoms with van der Waals surface area (Å²) >= 11 is 0. The number of hydrogen-bond donors (Lipinski definition) is 1. The first-order chi connectivity index (χ1) is 8.13. The Labute approximate surface area is 100 Å². The van der Waals surface area contributed by atoms with Crippen molar-refractivity contribution in [3.8, 4) is 11.1 Å². The molecule has 1 aromatic heterocycles. The SMILES string of the molecule is Cc1cc(-c2cnn(C)c2CCN)ccc1F. The van der Waals surface area contributed by atoms with E-state index < -0.39 is 0 Å². The summed E-state index contributed by atoms with van der Waals surface area (Å²) < 4.78 is 15.0. The van der Waals surface area contributed by atoms with Crippen molar-refractivity contribution in [2.75, 3.05) is 6.54 Å². The fourth-order valence-electron chi connectivity index (χ4n) is 1.95. The van der Waals surface area contributed by atoms with Crippen LogP contribution < -0.4 is 5.73 Å². The van der Waals surface area contributed by atoms with E-state index in [-0.39, 0.29) is 5.82 Å². The normalized spacial score (nSPS) is 10.8. The smallest absolute Gasteiger partial charge is 0.126 e. The van der Waals surface area contributed by atoms with Gasteiger partial charge in [0, 0.05) is 24.7 Å². The van der Waals surface area contributed by atoms with Gasteiger partial charge in [-0.2, -0.15) is 5.10 Å². The molecule has 2 aromatic rings. The maximum absolute atomic E-state index is 13.2. The Morgan fingerprint density at radius 2 is 2.18 bits per heavy atom. The van der Waals surface area contributed by atoms with Crippen LogP contribution in [0.5, 0.6) is 0 Å². The molecule has 0 amide bonds. The summed E-state index contributed by atoms with van der Waals surface area (Å²) in [6.07, 6.45) is 2.57. The maximum Gasteiger partial charge on any atom is 0.126 e. The van der Waals surface area contributed by atoms with Gasteiger partial charge in [-0.05, 0) is 36.7 Å². The summed E-state index contributed by atoms with van der Waals surface area (Å²) in [7, 11) is 1.89. The highest BCUT2D eigenvalue weighted by Gasteiger charge is 2.10. The number of nitrogens with zero attached hydrogens (tertiary/aromatic N) is 2. The van der Waals surface area contributed by atoms with Crippen LogP contribution in [0.25, 0.3) is 11.1 Å². The van der Waals surface area contributed by atoms with Crippen LogP contribution in [0.2, 0.25) is 0 Å². The minimum atomic E-state index is -0.182. The van der Waals surface area contributed by atoms with E-state index in [4.69, 9.17) is 5.73 Å². The zero-order chi connectivity index (χ0) is 12.4. The summed E-state index contributed by atoms with van der Waals surface area (Å²) in [6.45, 7) is 2.34. The van der Waals surface area contributed by atoms with Crippen molar-refractivity contribution >= 4 is 0 Å². The van der Waals surface area contributed by atoms with Crippen LogP contribution in [0.1, 0.15) is 11.3 Å². The molecule has 17 heavy (non-hydrogen) atoms. The Kier molecular flexibility index (Phi) is 3.24. The molecule has 0 fully saturated rings. The predicted octanol–water partition coefficient (Wildman–Crippen LogP) is 2.04. The van der Waals surface area contributed by atoms with Gasteiger partial charge in [0.2, 0.25) is 0 Å². The third kappa shape index (κ3) is 2.22. The predicted molar refractivity (Wildman–Crippen MR) is 66.1 cm³/mol. The lowest BCUT2D eigenvalue weighted by atomic mass is 10.0. The molecular formula is C13H16FN3. The van der Waals surface area contributed by atoms with Gasteiger partial charge in [0.15, 0.2) is 0 Å². The molecule has 4 heteroatoms. The van der Waals surface area contributed by atoms with Crippen molar-refractivity contribution < 1.29 is 4.39 Å². The van der Waals surface area contributed by atoms with E-state index in [1.807, 2.05) is 17.8 Å². The van der Waals surface area contributed by atoms with Gasteiger partial charge in [-0.15, -0.1) is 0 Å². The van der Waals surface area contributed by atoms with E-state index in [0.717, 1.165) is 23.2 Å². The van der Waals surface area contributed by atoms with Crippen LogP contribution in [0.4, 0.5) is 4.39 Å². The van der Waals surface area contributed by atoms with Crippen molar-refractivity contribution in [1.82, 2.24) is 9.78 Å². The Bertz CT molecular complexity index is 531. The minimum absolute atomic E-state index is 0.182. The zero-order valence-electron chi connectivity index (χ0n) is 10.1. The molecule has 0 aliphatic rings. The Morgan fingerprint density at radius 3 is 2.82 bits per heavy atom. The molecule has 3 nitrogen and oxygen atoms in total. The molecular weight excluding hydrogens is 217 g/mol.